The fourth-order valence-electron chi connectivity index (χ4n) is 2.45. The van der Waals surface area contributed by atoms with Crippen LogP contribution in [0.4, 0.5) is 10.6 Å². The van der Waals surface area contributed by atoms with E-state index in [-0.39, 0.29) is 12.2 Å². The number of pyridine rings is 1. The molecule has 0 radical (unpaired) electrons. The van der Waals surface area contributed by atoms with Gasteiger partial charge >= 0.3 is 17.9 Å². The molecule has 0 N–H and O–H groups in total. The second-order valence-corrected chi connectivity index (χ2v) is 6.65. The topological polar surface area (TPSA) is 138 Å². The van der Waals surface area contributed by atoms with Crippen LogP contribution in [0.3, 0.4) is 0 Å². The van der Waals surface area contributed by atoms with Crippen LogP contribution in [0.15, 0.2) is 18.3 Å². The molecule has 11 nitrogen and oxygen atoms in total. The standard InChI is InChI=1S/C16H19N3O8/c1-16(2,3)27-15(22)18-9(14(21)25-4)8-11(13(18)20)26-10-6-5-7-17-12(10)19(23)24/h5-7,9,11H,8H2,1-4H3/t9-,11-/m0/s1. The number of amides is 2. The molecule has 2 heterocycles. The molecule has 0 unspecified atom stereocenters. The van der Waals surface area contributed by atoms with Gasteiger partial charge in [-0.1, -0.05) is 0 Å². The third kappa shape index (κ3) is 4.49. The van der Waals surface area contributed by atoms with Gasteiger partial charge in [0, 0.05) is 6.42 Å². The number of nitro groups is 1. The molecule has 0 aromatic carbocycles. The van der Waals surface area contributed by atoms with Crippen LogP contribution in [-0.2, 0) is 19.1 Å². The van der Waals surface area contributed by atoms with Crippen molar-refractivity contribution in [3.05, 3.63) is 28.4 Å². The number of hydrogen-bond donors (Lipinski definition) is 0. The van der Waals surface area contributed by atoms with E-state index in [2.05, 4.69) is 9.72 Å². The Morgan fingerprint density at radius 2 is 2.04 bits per heavy atom. The molecule has 1 aromatic rings. The maximum atomic E-state index is 12.7. The van der Waals surface area contributed by atoms with Gasteiger partial charge in [-0.2, -0.15) is 0 Å². The molecule has 11 heteroatoms. The Balaban J connectivity index is 2.30. The first-order valence-electron chi connectivity index (χ1n) is 7.95. The van der Waals surface area contributed by atoms with Crippen LogP contribution in [0, 0.1) is 10.1 Å². The number of rotatable bonds is 4. The van der Waals surface area contributed by atoms with Crippen molar-refractivity contribution in [3.63, 3.8) is 0 Å². The van der Waals surface area contributed by atoms with Crippen molar-refractivity contribution in [2.75, 3.05) is 7.11 Å². The Kier molecular flexibility index (Phi) is 5.62. The minimum Gasteiger partial charge on any atom is -0.472 e. The van der Waals surface area contributed by atoms with Crippen LogP contribution in [0.1, 0.15) is 27.2 Å². The van der Waals surface area contributed by atoms with Crippen molar-refractivity contribution < 1.29 is 33.5 Å². The lowest BCUT2D eigenvalue weighted by Crippen LogP contribution is -2.46. The number of imide groups is 1. The highest BCUT2D eigenvalue weighted by molar-refractivity contribution is 6.02. The lowest BCUT2D eigenvalue weighted by Gasteiger charge is -2.25. The summed E-state index contributed by atoms with van der Waals surface area (Å²) in [6.45, 7) is 4.81. The molecule has 2 rings (SSSR count). The first-order chi connectivity index (χ1) is 12.5. The number of methoxy groups -OCH3 is 1. The van der Waals surface area contributed by atoms with Gasteiger partial charge in [-0.25, -0.2) is 14.5 Å². The number of aromatic nitrogens is 1. The van der Waals surface area contributed by atoms with E-state index in [9.17, 15) is 24.5 Å². The Bertz CT molecular complexity index is 773. The van der Waals surface area contributed by atoms with Gasteiger partial charge in [0.15, 0.2) is 6.10 Å². The fourth-order valence-corrected chi connectivity index (χ4v) is 2.45. The molecular formula is C16H19N3O8. The lowest BCUT2D eigenvalue weighted by molar-refractivity contribution is -0.390. The quantitative estimate of drug-likeness (QED) is 0.431. The molecule has 1 fully saturated rings. The van der Waals surface area contributed by atoms with Crippen molar-refractivity contribution in [2.24, 2.45) is 0 Å². The monoisotopic (exact) mass is 381 g/mol. The van der Waals surface area contributed by atoms with Gasteiger partial charge in [-0.15, -0.1) is 0 Å². The number of ether oxygens (including phenoxy) is 3. The second-order valence-electron chi connectivity index (χ2n) is 6.65. The highest BCUT2D eigenvalue weighted by Gasteiger charge is 2.50. The highest BCUT2D eigenvalue weighted by atomic mass is 16.6. The third-order valence-electron chi connectivity index (χ3n) is 3.52. The summed E-state index contributed by atoms with van der Waals surface area (Å²) in [5.41, 5.74) is -0.904. The molecule has 1 aliphatic rings. The Labute approximate surface area is 154 Å². The minimum atomic E-state index is -1.32. The number of nitrogens with zero attached hydrogens (tertiary/aromatic N) is 3. The van der Waals surface area contributed by atoms with Gasteiger partial charge < -0.3 is 24.3 Å². The molecular weight excluding hydrogens is 362 g/mol. The van der Waals surface area contributed by atoms with E-state index in [1.807, 2.05) is 0 Å². The Morgan fingerprint density at radius 3 is 2.59 bits per heavy atom. The van der Waals surface area contributed by atoms with Gasteiger partial charge in [-0.05, 0) is 42.8 Å². The van der Waals surface area contributed by atoms with Crippen molar-refractivity contribution in [2.45, 2.75) is 44.9 Å². The van der Waals surface area contributed by atoms with Crippen LogP contribution >= 0.6 is 0 Å². The molecule has 0 saturated carbocycles. The zero-order valence-corrected chi connectivity index (χ0v) is 15.2. The SMILES string of the molecule is COC(=O)[C@@H]1C[C@H](Oc2cccnc2[N+](=O)[O-])C(=O)N1C(=O)OC(C)(C)C. The summed E-state index contributed by atoms with van der Waals surface area (Å²) in [5.74, 6) is -2.54. The van der Waals surface area contributed by atoms with E-state index in [1.54, 1.807) is 20.8 Å². The van der Waals surface area contributed by atoms with E-state index in [1.165, 1.54) is 18.3 Å². The van der Waals surface area contributed by atoms with Crippen LogP contribution < -0.4 is 4.74 Å². The van der Waals surface area contributed by atoms with E-state index in [0.717, 1.165) is 7.11 Å². The maximum Gasteiger partial charge on any atom is 0.417 e. The smallest absolute Gasteiger partial charge is 0.417 e. The molecule has 0 spiro atoms. The summed E-state index contributed by atoms with van der Waals surface area (Å²) in [5, 5.41) is 11.0. The summed E-state index contributed by atoms with van der Waals surface area (Å²) < 4.78 is 15.2. The summed E-state index contributed by atoms with van der Waals surface area (Å²) in [6.07, 6.45) is -1.39. The lowest BCUT2D eigenvalue weighted by atomic mass is 10.2. The molecule has 146 valence electrons. The van der Waals surface area contributed by atoms with E-state index < -0.39 is 46.5 Å². The summed E-state index contributed by atoms with van der Waals surface area (Å²) >= 11 is 0. The average molecular weight is 381 g/mol. The molecule has 1 saturated heterocycles. The van der Waals surface area contributed by atoms with Crippen LogP contribution in [0.25, 0.3) is 0 Å². The van der Waals surface area contributed by atoms with Gasteiger partial charge in [0.25, 0.3) is 5.91 Å². The van der Waals surface area contributed by atoms with Crippen LogP contribution in [0.5, 0.6) is 5.75 Å². The molecule has 27 heavy (non-hydrogen) atoms. The summed E-state index contributed by atoms with van der Waals surface area (Å²) in [7, 11) is 1.11. The van der Waals surface area contributed by atoms with Gasteiger partial charge in [0.1, 0.15) is 17.8 Å². The van der Waals surface area contributed by atoms with E-state index in [4.69, 9.17) is 9.47 Å². The molecule has 0 bridgehead atoms. The molecule has 1 aromatic heterocycles. The predicted octanol–water partition coefficient (Wildman–Crippen LogP) is 1.45. The summed E-state index contributed by atoms with van der Waals surface area (Å²) in [4.78, 5) is 51.5. The number of likely N-dealkylation sites (tertiary alicyclic amines) is 1. The largest absolute Gasteiger partial charge is 0.472 e. The number of carbonyl (C=O) groups excluding carboxylic acids is 3. The van der Waals surface area contributed by atoms with Gasteiger partial charge in [-0.3, -0.25) is 4.79 Å². The average Bonchev–Trinajstić information content (AvgIpc) is 2.89. The van der Waals surface area contributed by atoms with Gasteiger partial charge in [0.05, 0.1) is 7.11 Å². The summed E-state index contributed by atoms with van der Waals surface area (Å²) in [6, 6.07) is 1.39. The molecule has 0 aliphatic carbocycles. The van der Waals surface area contributed by atoms with Crippen LogP contribution in [0.2, 0.25) is 0 Å². The van der Waals surface area contributed by atoms with Crippen LogP contribution in [-0.4, -0.2) is 57.6 Å². The van der Waals surface area contributed by atoms with Crippen molar-refractivity contribution in [1.82, 2.24) is 9.88 Å². The van der Waals surface area contributed by atoms with E-state index >= 15 is 0 Å². The minimum absolute atomic E-state index is 0.239. The zero-order valence-electron chi connectivity index (χ0n) is 15.2. The fraction of sp³-hybridized carbons (Fsp3) is 0.500. The maximum absolute atomic E-state index is 12.7. The van der Waals surface area contributed by atoms with Gasteiger partial charge in [0.2, 0.25) is 5.75 Å². The molecule has 2 amide bonds. The molecule has 1 aliphatic heterocycles. The first kappa shape index (κ1) is 20.1. The Morgan fingerprint density at radius 1 is 1.37 bits per heavy atom. The number of esters is 1. The molecule has 2 atom stereocenters. The zero-order chi connectivity index (χ0) is 20.4. The van der Waals surface area contributed by atoms with Crippen molar-refractivity contribution in [1.29, 1.82) is 0 Å². The highest BCUT2D eigenvalue weighted by Crippen LogP contribution is 2.30. The first-order valence-corrected chi connectivity index (χ1v) is 7.95. The number of hydrogen-bond acceptors (Lipinski definition) is 9. The third-order valence-corrected chi connectivity index (χ3v) is 3.52. The Hall–Kier alpha value is -3.24. The van der Waals surface area contributed by atoms with Crippen molar-refractivity contribution >= 4 is 23.8 Å². The van der Waals surface area contributed by atoms with E-state index in [0.29, 0.717) is 4.90 Å². The number of carbonyl (C=O) groups is 3. The predicted molar refractivity (Wildman–Crippen MR) is 88.8 cm³/mol. The van der Waals surface area contributed by atoms with Crippen molar-refractivity contribution in [3.8, 4) is 5.75 Å². The normalized spacial score (nSPS) is 19.6. The second kappa shape index (κ2) is 7.56.